The molecule has 15 heavy (non-hydrogen) atoms. The second-order valence-corrected chi connectivity index (χ2v) is 3.70. The fraction of sp³-hybridized carbons (Fsp3) is 0. The maximum absolute atomic E-state index is 13.3. The van der Waals surface area contributed by atoms with Crippen LogP contribution in [0.1, 0.15) is 0 Å². The van der Waals surface area contributed by atoms with E-state index in [9.17, 15) is 4.39 Å². The summed E-state index contributed by atoms with van der Waals surface area (Å²) in [5, 5.41) is 19.9. The Bertz CT molecular complexity index is 464. The molecule has 2 aromatic heterocycles. The minimum atomic E-state index is -1.84. The van der Waals surface area contributed by atoms with Gasteiger partial charge in [0.25, 0.3) is 0 Å². The summed E-state index contributed by atoms with van der Waals surface area (Å²) < 4.78 is 13.3. The van der Waals surface area contributed by atoms with Gasteiger partial charge in [0.15, 0.2) is 0 Å². The lowest BCUT2D eigenvalue weighted by Gasteiger charge is -2.02. The highest BCUT2D eigenvalue weighted by atomic mass is 32.1. The number of pyridine rings is 1. The van der Waals surface area contributed by atoms with E-state index >= 15 is 0 Å². The van der Waals surface area contributed by atoms with Gasteiger partial charge in [-0.15, -0.1) is 11.3 Å². The fourth-order valence-corrected chi connectivity index (χ4v) is 1.70. The smallest absolute Gasteiger partial charge is 0.423 e. The van der Waals surface area contributed by atoms with E-state index in [-0.39, 0.29) is 5.46 Å². The number of thiazole rings is 1. The Labute approximate surface area is 89.2 Å². The van der Waals surface area contributed by atoms with Gasteiger partial charge in [0.2, 0.25) is 0 Å². The number of hydrogen-bond donors (Lipinski definition) is 2. The summed E-state index contributed by atoms with van der Waals surface area (Å²) in [6.07, 6.45) is 2.69. The number of rotatable bonds is 2. The lowest BCUT2D eigenvalue weighted by atomic mass is 9.81. The van der Waals surface area contributed by atoms with Crippen molar-refractivity contribution < 1.29 is 14.4 Å². The summed E-state index contributed by atoms with van der Waals surface area (Å²) in [5.41, 5.74) is 0.141. The van der Waals surface area contributed by atoms with Gasteiger partial charge in [-0.05, 0) is 0 Å². The van der Waals surface area contributed by atoms with Crippen molar-refractivity contribution in [2.75, 3.05) is 0 Å². The topological polar surface area (TPSA) is 66.2 Å². The monoisotopic (exact) mass is 224 g/mol. The zero-order chi connectivity index (χ0) is 10.8. The van der Waals surface area contributed by atoms with Crippen LogP contribution in [0.5, 0.6) is 0 Å². The predicted molar refractivity (Wildman–Crippen MR) is 55.1 cm³/mol. The van der Waals surface area contributed by atoms with E-state index in [2.05, 4.69) is 9.97 Å². The first-order valence-corrected chi connectivity index (χ1v) is 4.98. The van der Waals surface area contributed by atoms with E-state index in [0.29, 0.717) is 10.7 Å². The van der Waals surface area contributed by atoms with Gasteiger partial charge in [-0.25, -0.2) is 9.37 Å². The zero-order valence-corrected chi connectivity index (χ0v) is 8.28. The molecule has 2 N–H and O–H groups in total. The first-order chi connectivity index (χ1) is 7.18. The van der Waals surface area contributed by atoms with Crippen molar-refractivity contribution in [3.05, 3.63) is 29.7 Å². The van der Waals surface area contributed by atoms with E-state index in [0.717, 1.165) is 12.3 Å². The molecule has 0 saturated heterocycles. The Morgan fingerprint density at radius 2 is 2.13 bits per heavy atom. The van der Waals surface area contributed by atoms with Crippen molar-refractivity contribution in [2.45, 2.75) is 0 Å². The van der Waals surface area contributed by atoms with Crippen LogP contribution in [0.2, 0.25) is 0 Å². The molecule has 0 saturated carbocycles. The van der Waals surface area contributed by atoms with Gasteiger partial charge >= 0.3 is 7.12 Å². The van der Waals surface area contributed by atoms with E-state index in [4.69, 9.17) is 10.0 Å². The molecule has 0 bridgehead atoms. The van der Waals surface area contributed by atoms with Gasteiger partial charge < -0.3 is 10.0 Å². The van der Waals surface area contributed by atoms with Crippen LogP contribution in [0.25, 0.3) is 10.7 Å². The third kappa shape index (κ3) is 2.04. The predicted octanol–water partition coefficient (Wildman–Crippen LogP) is 0.0240. The molecule has 0 spiro atoms. The third-order valence-electron chi connectivity index (χ3n) is 1.81. The Morgan fingerprint density at radius 3 is 2.67 bits per heavy atom. The average molecular weight is 224 g/mol. The normalized spacial score (nSPS) is 10.3. The molecule has 7 heteroatoms. The minimum absolute atomic E-state index is 0.240. The van der Waals surface area contributed by atoms with E-state index < -0.39 is 12.9 Å². The summed E-state index contributed by atoms with van der Waals surface area (Å²) in [4.78, 5) is 7.86. The van der Waals surface area contributed by atoms with Crippen LogP contribution >= 0.6 is 11.3 Å². The van der Waals surface area contributed by atoms with E-state index in [1.54, 1.807) is 11.6 Å². The quantitative estimate of drug-likeness (QED) is 0.706. The van der Waals surface area contributed by atoms with Gasteiger partial charge in [0.05, 0.1) is 0 Å². The van der Waals surface area contributed by atoms with E-state index in [1.165, 1.54) is 11.3 Å². The molecule has 0 radical (unpaired) electrons. The largest absolute Gasteiger partial charge is 0.493 e. The number of hydrogen-bond acceptors (Lipinski definition) is 5. The van der Waals surface area contributed by atoms with Gasteiger partial charge in [0.1, 0.15) is 16.5 Å². The summed E-state index contributed by atoms with van der Waals surface area (Å²) in [7, 11) is -1.84. The van der Waals surface area contributed by atoms with Crippen LogP contribution in [0.15, 0.2) is 23.8 Å². The van der Waals surface area contributed by atoms with Crippen molar-refractivity contribution in [1.82, 2.24) is 9.97 Å². The fourth-order valence-electron chi connectivity index (χ4n) is 1.10. The molecule has 0 fully saturated rings. The molecule has 0 amide bonds. The minimum Gasteiger partial charge on any atom is -0.423 e. The zero-order valence-electron chi connectivity index (χ0n) is 7.46. The molecule has 4 nitrogen and oxygen atoms in total. The first-order valence-electron chi connectivity index (χ1n) is 4.10. The van der Waals surface area contributed by atoms with Crippen LogP contribution in [-0.4, -0.2) is 27.1 Å². The van der Waals surface area contributed by atoms with Crippen LogP contribution in [0, 0.1) is 5.82 Å². The molecule has 2 rings (SSSR count). The van der Waals surface area contributed by atoms with Crippen molar-refractivity contribution >= 4 is 23.9 Å². The lowest BCUT2D eigenvalue weighted by molar-refractivity contribution is 0.423. The summed E-state index contributed by atoms with van der Waals surface area (Å²) in [6.45, 7) is 0. The number of nitrogens with zero attached hydrogens (tertiary/aromatic N) is 2. The van der Waals surface area contributed by atoms with Gasteiger partial charge in [-0.1, -0.05) is 0 Å². The SMILES string of the molecule is OB(O)c1cnc(-c2nccs2)cc1F. The lowest BCUT2D eigenvalue weighted by Crippen LogP contribution is -2.33. The maximum Gasteiger partial charge on any atom is 0.493 e. The average Bonchev–Trinajstić information content (AvgIpc) is 2.69. The highest BCUT2D eigenvalue weighted by Crippen LogP contribution is 2.18. The number of halogens is 1. The molecule has 0 aliphatic carbocycles. The van der Waals surface area contributed by atoms with Crippen LogP contribution in [0.3, 0.4) is 0 Å². The molecular formula is C8H6BFN2O2S. The Balaban J connectivity index is 2.42. The van der Waals surface area contributed by atoms with Crippen molar-refractivity contribution in [3.63, 3.8) is 0 Å². The second-order valence-electron chi connectivity index (χ2n) is 2.80. The van der Waals surface area contributed by atoms with Gasteiger partial charge in [-0.3, -0.25) is 4.98 Å². The standard InChI is InChI=1S/C8H6BFN2O2S/c10-6-3-7(8-11-1-2-15-8)12-4-5(6)9(13)14/h1-4,13-14H. The molecule has 2 aromatic rings. The highest BCUT2D eigenvalue weighted by molar-refractivity contribution is 7.13. The van der Waals surface area contributed by atoms with E-state index in [1.807, 2.05) is 0 Å². The summed E-state index contributed by atoms with van der Waals surface area (Å²) in [6, 6.07) is 1.13. The van der Waals surface area contributed by atoms with Gasteiger partial charge in [0, 0.05) is 29.3 Å². The molecule has 0 atom stereocenters. The Morgan fingerprint density at radius 1 is 1.33 bits per heavy atom. The first kappa shape index (κ1) is 10.2. The van der Waals surface area contributed by atoms with Crippen LogP contribution < -0.4 is 5.46 Å². The molecule has 0 aromatic carbocycles. The maximum atomic E-state index is 13.3. The van der Waals surface area contributed by atoms with Crippen LogP contribution in [-0.2, 0) is 0 Å². The molecule has 76 valence electrons. The van der Waals surface area contributed by atoms with Crippen LogP contribution in [0.4, 0.5) is 4.39 Å². The molecule has 0 unspecified atom stereocenters. The Hall–Kier alpha value is -1.31. The summed E-state index contributed by atoms with van der Waals surface area (Å²) >= 11 is 1.33. The van der Waals surface area contributed by atoms with Crippen molar-refractivity contribution in [1.29, 1.82) is 0 Å². The van der Waals surface area contributed by atoms with Crippen molar-refractivity contribution in [2.24, 2.45) is 0 Å². The molecule has 2 heterocycles. The summed E-state index contributed by atoms with van der Waals surface area (Å²) in [5.74, 6) is -0.704. The van der Waals surface area contributed by atoms with Crippen molar-refractivity contribution in [3.8, 4) is 10.7 Å². The molecule has 0 aliphatic rings. The molecule has 0 aliphatic heterocycles. The molecular weight excluding hydrogens is 218 g/mol. The third-order valence-corrected chi connectivity index (χ3v) is 2.61. The number of aromatic nitrogens is 2. The second kappa shape index (κ2) is 4.05. The Kier molecular flexibility index (Phi) is 2.76. The highest BCUT2D eigenvalue weighted by Gasteiger charge is 2.18. The van der Waals surface area contributed by atoms with Gasteiger partial charge in [-0.2, -0.15) is 0 Å².